The molecule has 0 unspecified atom stereocenters. The largest absolute Gasteiger partial charge is 0.481 e. The highest BCUT2D eigenvalue weighted by atomic mass is 35.5. The van der Waals surface area contributed by atoms with Gasteiger partial charge >= 0.3 is 11.7 Å². The van der Waals surface area contributed by atoms with E-state index in [1.54, 1.807) is 0 Å². The highest BCUT2D eigenvalue weighted by molar-refractivity contribution is 7.99. The van der Waals surface area contributed by atoms with Gasteiger partial charge in [0.15, 0.2) is 5.16 Å². The monoisotopic (exact) mass is 303 g/mol. The van der Waals surface area contributed by atoms with Crippen LogP contribution in [-0.2, 0) is 4.79 Å². The number of H-pyrrole nitrogens is 1. The summed E-state index contributed by atoms with van der Waals surface area (Å²) >= 11 is 6.55. The molecule has 0 atom stereocenters. The Balaban J connectivity index is 2.49. The van der Waals surface area contributed by atoms with Crippen molar-refractivity contribution in [2.75, 3.05) is 5.75 Å². The third kappa shape index (κ3) is 2.96. The molecule has 100 valence electrons. The number of carbonyl (C=O) groups is 1. The number of halogens is 2. The minimum absolute atomic E-state index is 0.0496. The first-order valence-corrected chi connectivity index (χ1v) is 6.33. The summed E-state index contributed by atoms with van der Waals surface area (Å²) in [6.07, 6.45) is 0. The second-order valence-electron chi connectivity index (χ2n) is 3.42. The van der Waals surface area contributed by atoms with E-state index in [4.69, 9.17) is 16.7 Å². The predicted molar refractivity (Wildman–Crippen MR) is 67.5 cm³/mol. The maximum atomic E-state index is 13.7. The molecule has 2 N–H and O–H groups in total. The average molecular weight is 304 g/mol. The van der Waals surface area contributed by atoms with Crippen LogP contribution in [0.5, 0.6) is 0 Å². The molecule has 2 rings (SSSR count). The Morgan fingerprint density at radius 1 is 1.58 bits per heavy atom. The summed E-state index contributed by atoms with van der Waals surface area (Å²) in [4.78, 5) is 22.1. The molecule has 0 aliphatic heterocycles. The fraction of sp³-hybridized carbons (Fsp3) is 0.100. The molecule has 0 radical (unpaired) electrons. The van der Waals surface area contributed by atoms with Crippen LogP contribution in [0.2, 0.25) is 5.02 Å². The fourth-order valence-corrected chi connectivity index (χ4v) is 2.21. The summed E-state index contributed by atoms with van der Waals surface area (Å²) in [5.41, 5.74) is -0.756. The van der Waals surface area contributed by atoms with Crippen molar-refractivity contribution >= 4 is 29.3 Å². The van der Waals surface area contributed by atoms with Crippen molar-refractivity contribution in [3.63, 3.8) is 0 Å². The van der Waals surface area contributed by atoms with Crippen LogP contribution in [0.25, 0.3) is 5.69 Å². The second-order valence-corrected chi connectivity index (χ2v) is 4.80. The number of aromatic nitrogens is 3. The van der Waals surface area contributed by atoms with E-state index in [1.807, 2.05) is 0 Å². The molecule has 0 aliphatic rings. The van der Waals surface area contributed by atoms with Gasteiger partial charge in [0.1, 0.15) is 5.82 Å². The van der Waals surface area contributed by atoms with Crippen molar-refractivity contribution in [2.24, 2.45) is 0 Å². The zero-order valence-corrected chi connectivity index (χ0v) is 10.8. The first-order chi connectivity index (χ1) is 8.99. The van der Waals surface area contributed by atoms with Gasteiger partial charge in [-0.3, -0.25) is 4.79 Å². The first kappa shape index (κ1) is 13.6. The summed E-state index contributed by atoms with van der Waals surface area (Å²) in [6, 6.07) is 3.72. The molecule has 6 nitrogen and oxygen atoms in total. The molecule has 2 aromatic rings. The van der Waals surface area contributed by atoms with Crippen molar-refractivity contribution < 1.29 is 14.3 Å². The van der Waals surface area contributed by atoms with Crippen LogP contribution in [0, 0.1) is 5.82 Å². The van der Waals surface area contributed by atoms with Crippen molar-refractivity contribution in [3.05, 3.63) is 39.5 Å². The number of hydrogen-bond acceptors (Lipinski definition) is 4. The molecule has 0 saturated heterocycles. The van der Waals surface area contributed by atoms with E-state index in [0.29, 0.717) is 0 Å². The van der Waals surface area contributed by atoms with E-state index in [2.05, 4.69) is 10.2 Å². The fourth-order valence-electron chi connectivity index (χ4n) is 1.38. The number of nitrogens with zero attached hydrogens (tertiary/aromatic N) is 2. The van der Waals surface area contributed by atoms with E-state index in [0.717, 1.165) is 22.4 Å². The van der Waals surface area contributed by atoms with Crippen LogP contribution < -0.4 is 5.69 Å². The Hall–Kier alpha value is -1.80. The minimum atomic E-state index is -1.07. The quantitative estimate of drug-likeness (QED) is 0.836. The van der Waals surface area contributed by atoms with Gasteiger partial charge in [-0.05, 0) is 18.2 Å². The molecule has 1 heterocycles. The summed E-state index contributed by atoms with van der Waals surface area (Å²) in [5, 5.41) is 14.7. The van der Waals surface area contributed by atoms with Crippen molar-refractivity contribution in [2.45, 2.75) is 5.16 Å². The number of carboxylic acids is 1. The van der Waals surface area contributed by atoms with Gasteiger partial charge in [0, 0.05) is 5.02 Å². The van der Waals surface area contributed by atoms with E-state index in [1.165, 1.54) is 12.1 Å². The molecule has 0 saturated carbocycles. The topological polar surface area (TPSA) is 88.0 Å². The maximum absolute atomic E-state index is 13.7. The van der Waals surface area contributed by atoms with E-state index in [-0.39, 0.29) is 21.6 Å². The normalized spacial score (nSPS) is 10.6. The van der Waals surface area contributed by atoms with Crippen LogP contribution in [0.15, 0.2) is 28.2 Å². The Bertz CT molecular complexity index is 685. The lowest BCUT2D eigenvalue weighted by molar-refractivity contribution is -0.133. The standard InChI is InChI=1S/C10H7ClFN3O3S/c11-5-1-2-6(12)7(3-5)15-9(18)13-14-10(15)19-4-8(16)17/h1-3H,4H2,(H,13,18)(H,16,17). The van der Waals surface area contributed by atoms with Gasteiger partial charge in [-0.25, -0.2) is 18.9 Å². The molecule has 0 spiro atoms. The number of hydrogen-bond donors (Lipinski definition) is 2. The van der Waals surface area contributed by atoms with Crippen LogP contribution in [0.3, 0.4) is 0 Å². The van der Waals surface area contributed by atoms with Gasteiger partial charge in [-0.1, -0.05) is 23.4 Å². The van der Waals surface area contributed by atoms with Crippen LogP contribution >= 0.6 is 23.4 Å². The zero-order valence-electron chi connectivity index (χ0n) is 9.26. The van der Waals surface area contributed by atoms with Crippen LogP contribution in [-0.4, -0.2) is 31.6 Å². The summed E-state index contributed by atoms with van der Waals surface area (Å²) in [6.45, 7) is 0. The summed E-state index contributed by atoms with van der Waals surface area (Å²) < 4.78 is 14.6. The van der Waals surface area contributed by atoms with Crippen molar-refractivity contribution in [1.82, 2.24) is 14.8 Å². The number of aliphatic carboxylic acids is 1. The Kier molecular flexibility index (Phi) is 3.91. The SMILES string of the molecule is O=C(O)CSc1n[nH]c(=O)n1-c1cc(Cl)ccc1F. The number of benzene rings is 1. The molecule has 19 heavy (non-hydrogen) atoms. The number of thioether (sulfide) groups is 1. The van der Waals surface area contributed by atoms with E-state index >= 15 is 0 Å². The molecule has 1 aromatic carbocycles. The van der Waals surface area contributed by atoms with Gasteiger partial charge < -0.3 is 5.11 Å². The lowest BCUT2D eigenvalue weighted by Gasteiger charge is -2.06. The Morgan fingerprint density at radius 3 is 3.00 bits per heavy atom. The van der Waals surface area contributed by atoms with Gasteiger partial charge in [-0.2, -0.15) is 0 Å². The molecular weight excluding hydrogens is 297 g/mol. The molecule has 9 heteroatoms. The molecule has 1 aromatic heterocycles. The number of nitrogens with one attached hydrogen (secondary N) is 1. The van der Waals surface area contributed by atoms with E-state index < -0.39 is 17.5 Å². The maximum Gasteiger partial charge on any atom is 0.348 e. The zero-order chi connectivity index (χ0) is 14.0. The number of rotatable bonds is 4. The van der Waals surface area contributed by atoms with Gasteiger partial charge in [-0.15, -0.1) is 5.10 Å². The lowest BCUT2D eigenvalue weighted by atomic mass is 10.3. The van der Waals surface area contributed by atoms with Gasteiger partial charge in [0.2, 0.25) is 0 Å². The summed E-state index contributed by atoms with van der Waals surface area (Å²) in [7, 11) is 0. The number of aromatic amines is 1. The van der Waals surface area contributed by atoms with Crippen molar-refractivity contribution in [1.29, 1.82) is 0 Å². The minimum Gasteiger partial charge on any atom is -0.481 e. The second kappa shape index (κ2) is 5.45. The average Bonchev–Trinajstić information content (AvgIpc) is 2.71. The van der Waals surface area contributed by atoms with Crippen molar-refractivity contribution in [3.8, 4) is 5.69 Å². The van der Waals surface area contributed by atoms with Crippen LogP contribution in [0.4, 0.5) is 4.39 Å². The number of carboxylic acid groups (broad SMARTS) is 1. The predicted octanol–water partition coefficient (Wildman–Crippen LogP) is 1.53. The van der Waals surface area contributed by atoms with E-state index in [9.17, 15) is 14.0 Å². The lowest BCUT2D eigenvalue weighted by Crippen LogP contribution is -2.17. The van der Waals surface area contributed by atoms with Gasteiger partial charge in [0.25, 0.3) is 0 Å². The van der Waals surface area contributed by atoms with Crippen LogP contribution in [0.1, 0.15) is 0 Å². The first-order valence-electron chi connectivity index (χ1n) is 4.96. The van der Waals surface area contributed by atoms with Gasteiger partial charge in [0.05, 0.1) is 11.4 Å². The molecule has 0 aliphatic carbocycles. The Labute approximate surface area is 115 Å². The highest BCUT2D eigenvalue weighted by Gasteiger charge is 2.16. The smallest absolute Gasteiger partial charge is 0.348 e. The molecule has 0 amide bonds. The summed E-state index contributed by atoms with van der Waals surface area (Å²) in [5.74, 6) is -2.03. The molecular formula is C10H7ClFN3O3S. The Morgan fingerprint density at radius 2 is 2.32 bits per heavy atom. The third-order valence-corrected chi connectivity index (χ3v) is 3.27. The molecule has 0 fully saturated rings. The molecule has 0 bridgehead atoms. The third-order valence-electron chi connectivity index (χ3n) is 2.12. The highest BCUT2D eigenvalue weighted by Crippen LogP contribution is 2.22.